The molecule has 8 heteroatoms. The summed E-state index contributed by atoms with van der Waals surface area (Å²) in [6.07, 6.45) is 6.72. The zero-order valence-electron chi connectivity index (χ0n) is 11.8. The highest BCUT2D eigenvalue weighted by Gasteiger charge is 2.30. The molecule has 1 amide bonds. The van der Waals surface area contributed by atoms with Crippen molar-refractivity contribution in [3.05, 3.63) is 30.1 Å². The lowest BCUT2D eigenvalue weighted by atomic mass is 10.2. The second kappa shape index (κ2) is 11.4. The number of carbonyl (C=O) groups excluding carboxylic acids is 1. The van der Waals surface area contributed by atoms with Gasteiger partial charge in [0.25, 0.3) is 0 Å². The Bertz CT molecular complexity index is 412. The smallest absolute Gasteiger partial charge is 0.238 e. The van der Waals surface area contributed by atoms with Gasteiger partial charge in [0.05, 0.1) is 11.4 Å². The summed E-state index contributed by atoms with van der Waals surface area (Å²) in [6, 6.07) is 3.87. The van der Waals surface area contributed by atoms with Crippen molar-refractivity contribution >= 4 is 54.2 Å². The van der Waals surface area contributed by atoms with Gasteiger partial charge < -0.3 is 5.32 Å². The van der Waals surface area contributed by atoms with Gasteiger partial charge in [0, 0.05) is 24.7 Å². The molecule has 2 heterocycles. The Morgan fingerprint density at radius 3 is 3.05 bits per heavy atom. The SMILES string of the molecule is CSCCCNC(=O)C1CSC(c2cccnc2)N1.Cl.Cl. The summed E-state index contributed by atoms with van der Waals surface area (Å²) in [7, 11) is 0. The van der Waals surface area contributed by atoms with Gasteiger partial charge in [-0.05, 0) is 30.1 Å². The van der Waals surface area contributed by atoms with Crippen LogP contribution in [0.3, 0.4) is 0 Å². The van der Waals surface area contributed by atoms with E-state index in [1.807, 2.05) is 18.3 Å². The number of aromatic nitrogens is 1. The van der Waals surface area contributed by atoms with Crippen molar-refractivity contribution in [2.75, 3.05) is 24.3 Å². The van der Waals surface area contributed by atoms with Gasteiger partial charge in [-0.1, -0.05) is 6.07 Å². The average Bonchev–Trinajstić information content (AvgIpc) is 2.94. The van der Waals surface area contributed by atoms with Gasteiger partial charge in [0.2, 0.25) is 5.91 Å². The van der Waals surface area contributed by atoms with Crippen LogP contribution in [0.2, 0.25) is 0 Å². The summed E-state index contributed by atoms with van der Waals surface area (Å²) < 4.78 is 0. The molecular weight excluding hydrogens is 349 g/mol. The minimum atomic E-state index is -0.0931. The van der Waals surface area contributed by atoms with E-state index in [1.165, 1.54) is 0 Å². The van der Waals surface area contributed by atoms with E-state index in [4.69, 9.17) is 0 Å². The fourth-order valence-electron chi connectivity index (χ4n) is 1.90. The van der Waals surface area contributed by atoms with Crippen molar-refractivity contribution in [1.29, 1.82) is 0 Å². The molecule has 2 unspecified atom stereocenters. The number of pyridine rings is 1. The first kappa shape index (κ1) is 20.9. The van der Waals surface area contributed by atoms with E-state index < -0.39 is 0 Å². The first-order valence-electron chi connectivity index (χ1n) is 6.35. The maximum absolute atomic E-state index is 12.0. The predicted molar refractivity (Wildman–Crippen MR) is 96.9 cm³/mol. The van der Waals surface area contributed by atoms with Crippen molar-refractivity contribution in [2.45, 2.75) is 17.8 Å². The average molecular weight is 370 g/mol. The number of nitrogens with zero attached hydrogens (tertiary/aromatic N) is 1. The van der Waals surface area contributed by atoms with Crippen LogP contribution in [0.4, 0.5) is 0 Å². The van der Waals surface area contributed by atoms with E-state index in [1.54, 1.807) is 29.7 Å². The van der Waals surface area contributed by atoms with E-state index in [-0.39, 0.29) is 42.1 Å². The number of thioether (sulfide) groups is 2. The maximum atomic E-state index is 12.0. The zero-order chi connectivity index (χ0) is 13.5. The van der Waals surface area contributed by atoms with Crippen molar-refractivity contribution < 1.29 is 4.79 Å². The molecule has 1 aliphatic rings. The predicted octanol–water partition coefficient (Wildman–Crippen LogP) is 2.50. The first-order valence-corrected chi connectivity index (χ1v) is 8.79. The molecule has 0 spiro atoms. The van der Waals surface area contributed by atoms with Gasteiger partial charge in [-0.2, -0.15) is 11.8 Å². The second-order valence-corrected chi connectivity index (χ2v) is 6.48. The minimum Gasteiger partial charge on any atom is -0.355 e. The Kier molecular flexibility index (Phi) is 11.4. The highest BCUT2D eigenvalue weighted by atomic mass is 35.5. The van der Waals surface area contributed by atoms with Crippen LogP contribution in [-0.4, -0.2) is 41.2 Å². The van der Waals surface area contributed by atoms with E-state index in [0.717, 1.165) is 30.0 Å². The van der Waals surface area contributed by atoms with Crippen LogP contribution in [-0.2, 0) is 4.79 Å². The number of hydrogen-bond donors (Lipinski definition) is 2. The number of halogens is 2. The normalized spacial score (nSPS) is 20.2. The molecule has 4 nitrogen and oxygen atoms in total. The van der Waals surface area contributed by atoms with Crippen LogP contribution in [0.25, 0.3) is 0 Å². The molecule has 1 aromatic rings. The lowest BCUT2D eigenvalue weighted by molar-refractivity contribution is -0.122. The minimum absolute atomic E-state index is 0. The molecule has 0 aromatic carbocycles. The molecular formula is C13H21Cl2N3OS2. The van der Waals surface area contributed by atoms with Crippen LogP contribution >= 0.6 is 48.3 Å². The standard InChI is InChI=1S/C13H19N3OS2.2ClH/c1-18-7-3-6-15-12(17)11-9-19-13(16-11)10-4-2-5-14-8-10;;/h2,4-5,8,11,13,16H,3,6-7,9H2,1H3,(H,15,17);2*1H. The van der Waals surface area contributed by atoms with Crippen LogP contribution in [0, 0.1) is 0 Å². The fourth-order valence-corrected chi connectivity index (χ4v) is 3.56. The largest absolute Gasteiger partial charge is 0.355 e. The molecule has 2 rings (SSSR count). The monoisotopic (exact) mass is 369 g/mol. The quantitative estimate of drug-likeness (QED) is 0.754. The molecule has 0 saturated carbocycles. The Labute approximate surface area is 146 Å². The molecule has 0 aliphatic carbocycles. The fraction of sp³-hybridized carbons (Fsp3) is 0.538. The van der Waals surface area contributed by atoms with Gasteiger partial charge in [0.15, 0.2) is 0 Å². The molecule has 1 aromatic heterocycles. The van der Waals surface area contributed by atoms with E-state index in [9.17, 15) is 4.79 Å². The topological polar surface area (TPSA) is 54.0 Å². The van der Waals surface area contributed by atoms with Crippen LogP contribution in [0.5, 0.6) is 0 Å². The second-order valence-electron chi connectivity index (χ2n) is 4.36. The van der Waals surface area contributed by atoms with E-state index in [0.29, 0.717) is 0 Å². The molecule has 1 fully saturated rings. The Balaban J connectivity index is 0.00000200. The van der Waals surface area contributed by atoms with Gasteiger partial charge >= 0.3 is 0 Å². The van der Waals surface area contributed by atoms with Crippen LogP contribution in [0.15, 0.2) is 24.5 Å². The highest BCUT2D eigenvalue weighted by Crippen LogP contribution is 2.32. The highest BCUT2D eigenvalue weighted by molar-refractivity contribution is 7.99. The zero-order valence-corrected chi connectivity index (χ0v) is 15.0. The number of hydrogen-bond acceptors (Lipinski definition) is 5. The van der Waals surface area contributed by atoms with Gasteiger partial charge in [-0.3, -0.25) is 15.1 Å². The summed E-state index contributed by atoms with van der Waals surface area (Å²) in [5.41, 5.74) is 1.13. The molecule has 1 aliphatic heterocycles. The van der Waals surface area contributed by atoms with E-state index in [2.05, 4.69) is 21.9 Å². The van der Waals surface area contributed by atoms with Crippen molar-refractivity contribution in [3.63, 3.8) is 0 Å². The summed E-state index contributed by atoms with van der Waals surface area (Å²) in [5, 5.41) is 6.52. The number of rotatable bonds is 6. The number of amides is 1. The first-order chi connectivity index (χ1) is 9.31. The van der Waals surface area contributed by atoms with Crippen molar-refractivity contribution in [3.8, 4) is 0 Å². The number of nitrogens with one attached hydrogen (secondary N) is 2. The maximum Gasteiger partial charge on any atom is 0.238 e. The Morgan fingerprint density at radius 2 is 2.38 bits per heavy atom. The lowest BCUT2D eigenvalue weighted by Crippen LogP contribution is -2.42. The van der Waals surface area contributed by atoms with Crippen molar-refractivity contribution in [2.24, 2.45) is 0 Å². The molecule has 0 radical (unpaired) electrons. The van der Waals surface area contributed by atoms with E-state index >= 15 is 0 Å². The van der Waals surface area contributed by atoms with Crippen molar-refractivity contribution in [1.82, 2.24) is 15.6 Å². The van der Waals surface area contributed by atoms with Gasteiger partial charge in [0.1, 0.15) is 0 Å². The molecule has 2 N–H and O–H groups in total. The lowest BCUT2D eigenvalue weighted by Gasteiger charge is -2.13. The summed E-state index contributed by atoms with van der Waals surface area (Å²) in [4.78, 5) is 16.1. The summed E-state index contributed by atoms with van der Waals surface area (Å²) in [5.74, 6) is 2.01. The van der Waals surface area contributed by atoms with Gasteiger partial charge in [-0.25, -0.2) is 0 Å². The molecule has 1 saturated heterocycles. The van der Waals surface area contributed by atoms with Crippen LogP contribution in [0.1, 0.15) is 17.4 Å². The summed E-state index contributed by atoms with van der Waals surface area (Å²) >= 11 is 3.56. The number of carbonyl (C=O) groups is 1. The van der Waals surface area contributed by atoms with Gasteiger partial charge in [-0.15, -0.1) is 36.6 Å². The molecule has 120 valence electrons. The molecule has 21 heavy (non-hydrogen) atoms. The Morgan fingerprint density at radius 1 is 1.57 bits per heavy atom. The molecule has 0 bridgehead atoms. The molecule has 2 atom stereocenters. The third-order valence-corrected chi connectivity index (χ3v) is 4.87. The summed E-state index contributed by atoms with van der Waals surface area (Å²) in [6.45, 7) is 0.764. The van der Waals surface area contributed by atoms with Crippen LogP contribution < -0.4 is 10.6 Å². The third kappa shape index (κ3) is 6.65. The third-order valence-electron chi connectivity index (χ3n) is 2.91. The Hall–Kier alpha value is -0.140.